The largest absolute Gasteiger partial charge is 0.379 e. The Morgan fingerprint density at radius 2 is 1.71 bits per heavy atom. The third-order valence-electron chi connectivity index (χ3n) is 7.31. The van der Waals surface area contributed by atoms with Crippen molar-refractivity contribution < 1.29 is 14.3 Å². The number of carbonyl (C=O) groups excluding carboxylic acids is 2. The number of amides is 2. The van der Waals surface area contributed by atoms with E-state index in [2.05, 4.69) is 28.4 Å². The molecule has 6 nitrogen and oxygen atoms in total. The van der Waals surface area contributed by atoms with Crippen molar-refractivity contribution in [1.82, 2.24) is 15.1 Å². The molecule has 2 heterocycles. The maximum Gasteiger partial charge on any atom is 0.245 e. The van der Waals surface area contributed by atoms with E-state index >= 15 is 0 Å². The van der Waals surface area contributed by atoms with Crippen molar-refractivity contribution in [2.45, 2.75) is 45.6 Å². The highest BCUT2D eigenvalue weighted by atomic mass is 16.5. The first-order valence-electron chi connectivity index (χ1n) is 12.9. The highest BCUT2D eigenvalue weighted by Gasteiger charge is 2.31. The Morgan fingerprint density at radius 3 is 2.41 bits per heavy atom. The number of fused-ring (bicyclic) bond motifs is 1. The zero-order valence-electron chi connectivity index (χ0n) is 20.7. The molecular weight excluding hydrogens is 426 g/mol. The molecule has 0 aliphatic carbocycles. The molecule has 2 aliphatic rings. The van der Waals surface area contributed by atoms with Gasteiger partial charge in [-0.05, 0) is 54.0 Å². The SMILES string of the molecule is CC(C)C(NC(=O)Cc1ccc2ccccc2c1)C(=O)N1CCC(CCN2CCOCC2)CC1. The monoisotopic (exact) mass is 465 g/mol. The third-order valence-corrected chi connectivity index (χ3v) is 7.31. The number of ether oxygens (including phenoxy) is 1. The van der Waals surface area contributed by atoms with Crippen LogP contribution < -0.4 is 5.32 Å². The number of morpholine rings is 1. The van der Waals surface area contributed by atoms with Gasteiger partial charge in [-0.3, -0.25) is 14.5 Å². The summed E-state index contributed by atoms with van der Waals surface area (Å²) in [6.45, 7) is 10.5. The summed E-state index contributed by atoms with van der Waals surface area (Å²) in [4.78, 5) is 30.6. The Kier molecular flexibility index (Phi) is 8.57. The topological polar surface area (TPSA) is 61.9 Å². The molecule has 0 radical (unpaired) electrons. The van der Waals surface area contributed by atoms with Crippen LogP contribution in [-0.2, 0) is 20.7 Å². The van der Waals surface area contributed by atoms with Crippen molar-refractivity contribution in [3.63, 3.8) is 0 Å². The molecular formula is C28H39N3O3. The van der Waals surface area contributed by atoms with Crippen LogP contribution in [0.2, 0.25) is 0 Å². The van der Waals surface area contributed by atoms with Crippen LogP contribution in [-0.4, -0.2) is 73.6 Å². The van der Waals surface area contributed by atoms with Gasteiger partial charge < -0.3 is 15.0 Å². The Hall–Kier alpha value is -2.44. The maximum absolute atomic E-state index is 13.3. The molecule has 2 aromatic carbocycles. The summed E-state index contributed by atoms with van der Waals surface area (Å²) in [5.74, 6) is 0.690. The fourth-order valence-corrected chi connectivity index (χ4v) is 5.10. The number of rotatable bonds is 8. The number of piperidine rings is 1. The number of hydrogen-bond donors (Lipinski definition) is 1. The quantitative estimate of drug-likeness (QED) is 0.648. The average Bonchev–Trinajstić information content (AvgIpc) is 2.86. The number of hydrogen-bond acceptors (Lipinski definition) is 4. The van der Waals surface area contributed by atoms with E-state index in [9.17, 15) is 9.59 Å². The van der Waals surface area contributed by atoms with E-state index in [4.69, 9.17) is 4.74 Å². The van der Waals surface area contributed by atoms with Crippen LogP contribution in [0.4, 0.5) is 0 Å². The van der Waals surface area contributed by atoms with Gasteiger partial charge >= 0.3 is 0 Å². The lowest BCUT2D eigenvalue weighted by atomic mass is 9.92. The summed E-state index contributed by atoms with van der Waals surface area (Å²) >= 11 is 0. The summed E-state index contributed by atoms with van der Waals surface area (Å²) < 4.78 is 5.44. The summed E-state index contributed by atoms with van der Waals surface area (Å²) in [5, 5.41) is 5.33. The van der Waals surface area contributed by atoms with Crippen molar-refractivity contribution in [3.05, 3.63) is 48.0 Å². The van der Waals surface area contributed by atoms with E-state index in [0.717, 1.165) is 75.1 Å². The lowest BCUT2D eigenvalue weighted by Crippen LogP contribution is -2.53. The lowest BCUT2D eigenvalue weighted by Gasteiger charge is -2.36. The highest BCUT2D eigenvalue weighted by molar-refractivity contribution is 5.89. The van der Waals surface area contributed by atoms with Crippen molar-refractivity contribution in [3.8, 4) is 0 Å². The first kappa shape index (κ1) is 24.7. The molecule has 1 atom stereocenters. The minimum Gasteiger partial charge on any atom is -0.379 e. The molecule has 1 N–H and O–H groups in total. The molecule has 2 amide bonds. The normalized spacial score (nSPS) is 18.9. The van der Waals surface area contributed by atoms with Crippen molar-refractivity contribution in [2.75, 3.05) is 45.9 Å². The number of likely N-dealkylation sites (tertiary alicyclic amines) is 1. The van der Waals surface area contributed by atoms with Crippen molar-refractivity contribution >= 4 is 22.6 Å². The molecule has 2 saturated heterocycles. The third kappa shape index (κ3) is 6.57. The van der Waals surface area contributed by atoms with Gasteiger partial charge in [-0.25, -0.2) is 0 Å². The average molecular weight is 466 g/mol. The number of nitrogens with zero attached hydrogens (tertiary/aromatic N) is 2. The van der Waals surface area contributed by atoms with Crippen LogP contribution in [0.15, 0.2) is 42.5 Å². The summed E-state index contributed by atoms with van der Waals surface area (Å²) in [5.41, 5.74) is 0.965. The second kappa shape index (κ2) is 11.8. The molecule has 0 spiro atoms. The van der Waals surface area contributed by atoms with E-state index in [1.807, 2.05) is 43.0 Å². The Balaban J connectivity index is 1.26. The van der Waals surface area contributed by atoms with Gasteiger partial charge in [0.05, 0.1) is 19.6 Å². The van der Waals surface area contributed by atoms with E-state index in [-0.39, 0.29) is 24.2 Å². The van der Waals surface area contributed by atoms with Gasteiger partial charge in [-0.15, -0.1) is 0 Å². The zero-order valence-corrected chi connectivity index (χ0v) is 20.7. The fourth-order valence-electron chi connectivity index (χ4n) is 5.10. The molecule has 2 aromatic rings. The maximum atomic E-state index is 13.3. The lowest BCUT2D eigenvalue weighted by molar-refractivity contribution is -0.138. The predicted octanol–water partition coefficient (Wildman–Crippen LogP) is 3.48. The van der Waals surface area contributed by atoms with Crippen molar-refractivity contribution in [2.24, 2.45) is 11.8 Å². The molecule has 34 heavy (non-hydrogen) atoms. The van der Waals surface area contributed by atoms with E-state index in [1.165, 1.54) is 6.42 Å². The van der Waals surface area contributed by atoms with Gasteiger partial charge in [0.1, 0.15) is 6.04 Å². The minimum atomic E-state index is -0.474. The van der Waals surface area contributed by atoms with E-state index in [0.29, 0.717) is 5.92 Å². The summed E-state index contributed by atoms with van der Waals surface area (Å²) in [7, 11) is 0. The molecule has 4 rings (SSSR count). The van der Waals surface area contributed by atoms with Gasteiger partial charge in [-0.1, -0.05) is 56.3 Å². The van der Waals surface area contributed by atoms with Crippen LogP contribution in [0.5, 0.6) is 0 Å². The van der Waals surface area contributed by atoms with Crippen molar-refractivity contribution in [1.29, 1.82) is 0 Å². The second-order valence-electron chi connectivity index (χ2n) is 10.2. The van der Waals surface area contributed by atoms with Crippen LogP contribution in [0.25, 0.3) is 10.8 Å². The molecule has 1 unspecified atom stereocenters. The molecule has 184 valence electrons. The van der Waals surface area contributed by atoms with Crippen LogP contribution in [0.1, 0.15) is 38.7 Å². The molecule has 0 saturated carbocycles. The highest BCUT2D eigenvalue weighted by Crippen LogP contribution is 2.23. The first-order chi connectivity index (χ1) is 16.5. The van der Waals surface area contributed by atoms with Gasteiger partial charge in [0.25, 0.3) is 0 Å². The fraction of sp³-hybridized carbons (Fsp3) is 0.571. The Morgan fingerprint density at radius 1 is 1.00 bits per heavy atom. The Labute approximate surface area is 203 Å². The number of nitrogens with one attached hydrogen (secondary N) is 1. The standard InChI is InChI=1S/C28H39N3O3/c1-21(2)27(29-26(32)20-23-7-8-24-5-3-4-6-25(24)19-23)28(33)31-13-10-22(11-14-31)9-12-30-15-17-34-18-16-30/h3-8,19,21-22,27H,9-18,20H2,1-2H3,(H,29,32). The molecule has 2 fully saturated rings. The van der Waals surface area contributed by atoms with Gasteiger partial charge in [-0.2, -0.15) is 0 Å². The molecule has 2 aliphatic heterocycles. The molecule has 6 heteroatoms. The smallest absolute Gasteiger partial charge is 0.245 e. The van der Waals surface area contributed by atoms with Gasteiger partial charge in [0, 0.05) is 26.2 Å². The van der Waals surface area contributed by atoms with Crippen LogP contribution in [0.3, 0.4) is 0 Å². The number of carbonyl (C=O) groups is 2. The first-order valence-corrected chi connectivity index (χ1v) is 12.9. The molecule has 0 aromatic heterocycles. The van der Waals surface area contributed by atoms with Gasteiger partial charge in [0.15, 0.2) is 0 Å². The Bertz CT molecular complexity index is 962. The summed E-state index contributed by atoms with van der Waals surface area (Å²) in [6.07, 6.45) is 3.57. The number of benzene rings is 2. The van der Waals surface area contributed by atoms with E-state index < -0.39 is 6.04 Å². The molecule has 0 bridgehead atoms. The van der Waals surface area contributed by atoms with Gasteiger partial charge in [0.2, 0.25) is 11.8 Å². The second-order valence-corrected chi connectivity index (χ2v) is 10.2. The van der Waals surface area contributed by atoms with E-state index in [1.54, 1.807) is 0 Å². The predicted molar refractivity (Wildman–Crippen MR) is 136 cm³/mol. The summed E-state index contributed by atoms with van der Waals surface area (Å²) in [6, 6.07) is 13.8. The van der Waals surface area contributed by atoms with Crippen LogP contribution >= 0.6 is 0 Å². The zero-order chi connectivity index (χ0) is 23.9. The minimum absolute atomic E-state index is 0.0482. The van der Waals surface area contributed by atoms with Crippen LogP contribution in [0, 0.1) is 11.8 Å².